The largest absolute Gasteiger partial charge is 0.493 e. The highest BCUT2D eigenvalue weighted by molar-refractivity contribution is 9.10. The molecule has 0 amide bonds. The summed E-state index contributed by atoms with van der Waals surface area (Å²) < 4.78 is 16.5. The molecular weight excluding hydrogens is 338 g/mol. The second kappa shape index (κ2) is 6.23. The molecule has 0 heterocycles. The maximum atomic E-state index is 12.4. The third-order valence-electron chi connectivity index (χ3n) is 3.75. The van der Waals surface area contributed by atoms with E-state index in [2.05, 4.69) is 15.9 Å². The molecule has 1 aromatic rings. The average Bonchev–Trinajstić information content (AvgIpc) is 3.31. The van der Waals surface area contributed by atoms with Crippen LogP contribution in [0.15, 0.2) is 16.6 Å². The summed E-state index contributed by atoms with van der Waals surface area (Å²) in [5.74, 6) is 0.803. The van der Waals surface area contributed by atoms with Crippen LogP contribution in [-0.2, 0) is 15.1 Å². The lowest BCUT2D eigenvalue weighted by molar-refractivity contribution is -0.151. The van der Waals surface area contributed by atoms with Crippen LogP contribution in [-0.4, -0.2) is 26.8 Å². The third kappa shape index (κ3) is 2.87. The number of rotatable bonds is 6. The fraction of sp³-hybridized carbons (Fsp3) is 0.533. The summed E-state index contributed by atoms with van der Waals surface area (Å²) in [7, 11) is 3.11. The minimum absolute atomic E-state index is 0.0888. The van der Waals surface area contributed by atoms with Gasteiger partial charge in [-0.2, -0.15) is 0 Å². The summed E-state index contributed by atoms with van der Waals surface area (Å²) in [6.45, 7) is 2.07. The molecule has 1 saturated carbocycles. The Hall–Kier alpha value is -1.27. The van der Waals surface area contributed by atoms with Crippen LogP contribution in [0.1, 0.15) is 25.3 Å². The number of nitrogens with two attached hydrogens (primary N) is 1. The van der Waals surface area contributed by atoms with Crippen molar-refractivity contribution in [3.05, 3.63) is 22.2 Å². The van der Waals surface area contributed by atoms with Crippen molar-refractivity contribution >= 4 is 21.9 Å². The van der Waals surface area contributed by atoms with E-state index in [1.54, 1.807) is 33.3 Å². The van der Waals surface area contributed by atoms with Gasteiger partial charge in [-0.25, -0.2) is 4.79 Å². The van der Waals surface area contributed by atoms with E-state index < -0.39 is 11.5 Å². The second-order valence-corrected chi connectivity index (χ2v) is 5.91. The van der Waals surface area contributed by atoms with E-state index in [0.717, 1.165) is 12.8 Å². The van der Waals surface area contributed by atoms with E-state index >= 15 is 0 Å². The standard InChI is InChI=1S/C15H20BrNO4/c1-4-21-14(18)15(17,9-5-6-9)10-7-12(19-2)13(20-3)8-11(10)16/h7-9H,4-6,17H2,1-3H3. The molecule has 21 heavy (non-hydrogen) atoms. The molecule has 0 bridgehead atoms. The van der Waals surface area contributed by atoms with Gasteiger partial charge in [-0.15, -0.1) is 0 Å². The number of hydrogen-bond donors (Lipinski definition) is 1. The number of benzene rings is 1. The zero-order valence-electron chi connectivity index (χ0n) is 12.4. The van der Waals surface area contributed by atoms with Gasteiger partial charge >= 0.3 is 5.97 Å². The number of esters is 1. The summed E-state index contributed by atoms with van der Waals surface area (Å²) in [6, 6.07) is 3.51. The lowest BCUT2D eigenvalue weighted by atomic mass is 9.85. The Labute approximate surface area is 132 Å². The van der Waals surface area contributed by atoms with Crippen molar-refractivity contribution in [1.29, 1.82) is 0 Å². The zero-order valence-corrected chi connectivity index (χ0v) is 14.0. The van der Waals surface area contributed by atoms with Gasteiger partial charge in [0.2, 0.25) is 0 Å². The lowest BCUT2D eigenvalue weighted by Gasteiger charge is -2.29. The van der Waals surface area contributed by atoms with E-state index in [-0.39, 0.29) is 5.92 Å². The molecule has 5 nitrogen and oxygen atoms in total. The molecular formula is C15H20BrNO4. The fourth-order valence-electron chi connectivity index (χ4n) is 2.46. The van der Waals surface area contributed by atoms with Crippen LogP contribution >= 0.6 is 15.9 Å². The molecule has 1 aromatic carbocycles. The maximum absolute atomic E-state index is 12.4. The van der Waals surface area contributed by atoms with Gasteiger partial charge in [0.25, 0.3) is 0 Å². The van der Waals surface area contributed by atoms with Crippen LogP contribution in [0.25, 0.3) is 0 Å². The van der Waals surface area contributed by atoms with Gasteiger partial charge in [0.05, 0.1) is 20.8 Å². The highest BCUT2D eigenvalue weighted by atomic mass is 79.9. The van der Waals surface area contributed by atoms with Crippen LogP contribution in [0.4, 0.5) is 0 Å². The molecule has 1 unspecified atom stereocenters. The molecule has 6 heteroatoms. The van der Waals surface area contributed by atoms with Crippen molar-refractivity contribution in [3.63, 3.8) is 0 Å². The molecule has 1 atom stereocenters. The van der Waals surface area contributed by atoms with E-state index in [4.69, 9.17) is 19.9 Å². The first-order chi connectivity index (χ1) is 9.98. The number of ether oxygens (including phenoxy) is 3. The third-order valence-corrected chi connectivity index (χ3v) is 4.41. The van der Waals surface area contributed by atoms with Crippen LogP contribution < -0.4 is 15.2 Å². The first-order valence-electron chi connectivity index (χ1n) is 6.87. The summed E-state index contributed by atoms with van der Waals surface area (Å²) in [5.41, 5.74) is 5.98. The van der Waals surface area contributed by atoms with Crippen LogP contribution in [0.3, 0.4) is 0 Å². The van der Waals surface area contributed by atoms with Gasteiger partial charge in [-0.1, -0.05) is 15.9 Å². The molecule has 0 saturated heterocycles. The highest BCUT2D eigenvalue weighted by Gasteiger charge is 2.51. The van der Waals surface area contributed by atoms with Crippen LogP contribution in [0, 0.1) is 5.92 Å². The lowest BCUT2D eigenvalue weighted by Crippen LogP contribution is -2.48. The molecule has 0 aromatic heterocycles. The fourth-order valence-corrected chi connectivity index (χ4v) is 3.11. The van der Waals surface area contributed by atoms with Crippen molar-refractivity contribution < 1.29 is 19.0 Å². The minimum Gasteiger partial charge on any atom is -0.493 e. The molecule has 0 spiro atoms. The second-order valence-electron chi connectivity index (χ2n) is 5.05. The molecule has 116 valence electrons. The van der Waals surface area contributed by atoms with Crippen molar-refractivity contribution in [2.24, 2.45) is 11.7 Å². The van der Waals surface area contributed by atoms with Gasteiger partial charge in [0, 0.05) is 10.0 Å². The Balaban J connectivity index is 2.52. The number of halogens is 1. The normalized spacial score (nSPS) is 17.0. The van der Waals surface area contributed by atoms with Gasteiger partial charge in [-0.3, -0.25) is 0 Å². The number of hydrogen-bond acceptors (Lipinski definition) is 5. The molecule has 2 rings (SSSR count). The van der Waals surface area contributed by atoms with E-state index in [1.807, 2.05) is 0 Å². The summed E-state index contributed by atoms with van der Waals surface area (Å²) in [5, 5.41) is 0. The summed E-state index contributed by atoms with van der Waals surface area (Å²) in [6.07, 6.45) is 1.83. The Bertz CT molecular complexity index is 545. The van der Waals surface area contributed by atoms with Crippen molar-refractivity contribution in [1.82, 2.24) is 0 Å². The quantitative estimate of drug-likeness (QED) is 0.792. The Kier molecular flexibility index (Phi) is 4.78. The summed E-state index contributed by atoms with van der Waals surface area (Å²) in [4.78, 5) is 12.4. The van der Waals surface area contributed by atoms with E-state index in [1.165, 1.54) is 0 Å². The van der Waals surface area contributed by atoms with Crippen LogP contribution in [0.2, 0.25) is 0 Å². The molecule has 2 N–H and O–H groups in total. The Morgan fingerprint density at radius 3 is 2.38 bits per heavy atom. The van der Waals surface area contributed by atoms with Gasteiger partial charge in [-0.05, 0) is 37.8 Å². The summed E-state index contributed by atoms with van der Waals surface area (Å²) >= 11 is 3.48. The molecule has 0 radical (unpaired) electrons. The Morgan fingerprint density at radius 1 is 1.33 bits per heavy atom. The monoisotopic (exact) mass is 357 g/mol. The van der Waals surface area contributed by atoms with E-state index in [9.17, 15) is 4.79 Å². The van der Waals surface area contributed by atoms with Crippen molar-refractivity contribution in [2.45, 2.75) is 25.3 Å². The van der Waals surface area contributed by atoms with Gasteiger partial charge in [0.1, 0.15) is 5.54 Å². The van der Waals surface area contributed by atoms with Crippen molar-refractivity contribution in [2.75, 3.05) is 20.8 Å². The van der Waals surface area contributed by atoms with Crippen molar-refractivity contribution in [3.8, 4) is 11.5 Å². The average molecular weight is 358 g/mol. The zero-order chi connectivity index (χ0) is 15.6. The van der Waals surface area contributed by atoms with E-state index in [0.29, 0.717) is 28.1 Å². The first-order valence-corrected chi connectivity index (χ1v) is 7.66. The predicted molar refractivity (Wildman–Crippen MR) is 82.5 cm³/mol. The SMILES string of the molecule is CCOC(=O)C(N)(c1cc(OC)c(OC)cc1Br)C1CC1. The first kappa shape index (κ1) is 16.1. The topological polar surface area (TPSA) is 70.8 Å². The molecule has 1 fully saturated rings. The highest BCUT2D eigenvalue weighted by Crippen LogP contribution is 2.48. The number of carbonyl (C=O) groups is 1. The van der Waals surface area contributed by atoms with Gasteiger partial charge in [0.15, 0.2) is 11.5 Å². The molecule has 1 aliphatic carbocycles. The van der Waals surface area contributed by atoms with Crippen LogP contribution in [0.5, 0.6) is 11.5 Å². The minimum atomic E-state index is -1.16. The predicted octanol–water partition coefficient (Wildman–Crippen LogP) is 2.59. The molecule has 1 aliphatic rings. The number of methoxy groups -OCH3 is 2. The maximum Gasteiger partial charge on any atom is 0.331 e. The number of carbonyl (C=O) groups excluding carboxylic acids is 1. The molecule has 0 aliphatic heterocycles. The van der Waals surface area contributed by atoms with Gasteiger partial charge < -0.3 is 19.9 Å². The smallest absolute Gasteiger partial charge is 0.331 e. The Morgan fingerprint density at radius 2 is 1.90 bits per heavy atom.